The molecule has 3 aromatic rings. The van der Waals surface area contributed by atoms with Crippen LogP contribution >= 0.6 is 11.3 Å². The molecule has 41 heavy (non-hydrogen) atoms. The molecule has 2 aliphatic heterocycles. The average Bonchev–Trinajstić information content (AvgIpc) is 3.30. The maximum atomic E-state index is 13.2. The fraction of sp³-hybridized carbons (Fsp3) is 0.345. The zero-order valence-corrected chi connectivity index (χ0v) is 24.4. The predicted molar refractivity (Wildman–Crippen MR) is 157 cm³/mol. The van der Waals surface area contributed by atoms with Crippen molar-refractivity contribution in [1.82, 2.24) is 14.5 Å². The maximum absolute atomic E-state index is 13.2. The molecule has 216 valence electrons. The zero-order chi connectivity index (χ0) is 29.1. The number of carbonyl (C=O) groups excluding carboxylic acids is 3. The van der Waals surface area contributed by atoms with E-state index >= 15 is 0 Å². The molecular formula is C29H33N5O5S2. The number of imide groups is 1. The van der Waals surface area contributed by atoms with Gasteiger partial charge in [-0.15, -0.1) is 11.3 Å². The normalized spacial score (nSPS) is 17.9. The summed E-state index contributed by atoms with van der Waals surface area (Å²) in [6.07, 6.45) is 3.21. The van der Waals surface area contributed by atoms with Gasteiger partial charge in [-0.1, -0.05) is 36.8 Å². The van der Waals surface area contributed by atoms with Crippen LogP contribution in [0.4, 0.5) is 9.80 Å². The lowest BCUT2D eigenvalue weighted by atomic mass is 10.0. The Bertz CT molecular complexity index is 1550. The zero-order valence-electron chi connectivity index (χ0n) is 22.8. The molecule has 4 amide bonds. The number of nitrogens with one attached hydrogen (secondary N) is 2. The number of hydrogen-bond donors (Lipinski definition) is 3. The third-order valence-corrected chi connectivity index (χ3v) is 10.7. The summed E-state index contributed by atoms with van der Waals surface area (Å²) < 4.78 is 27.9. The highest BCUT2D eigenvalue weighted by Crippen LogP contribution is 2.38. The molecule has 0 radical (unpaired) electrons. The predicted octanol–water partition coefficient (Wildman–Crippen LogP) is 3.93. The van der Waals surface area contributed by atoms with Gasteiger partial charge in [0.05, 0.1) is 10.5 Å². The van der Waals surface area contributed by atoms with E-state index in [0.717, 1.165) is 36.2 Å². The monoisotopic (exact) mass is 595 g/mol. The average molecular weight is 596 g/mol. The van der Waals surface area contributed by atoms with Gasteiger partial charge in [0.2, 0.25) is 10.0 Å². The van der Waals surface area contributed by atoms with E-state index in [1.807, 2.05) is 25.1 Å². The number of anilines is 1. The van der Waals surface area contributed by atoms with Crippen LogP contribution in [0.1, 0.15) is 62.9 Å². The molecule has 2 aliphatic rings. The number of piperidine rings is 1. The topological polar surface area (TPSA) is 142 Å². The molecule has 1 atom stereocenters. The third-order valence-electron chi connectivity index (χ3n) is 7.54. The Labute approximate surface area is 243 Å². The lowest BCUT2D eigenvalue weighted by Crippen LogP contribution is -2.41. The highest BCUT2D eigenvalue weighted by atomic mass is 32.2. The molecule has 1 saturated heterocycles. The SMILES string of the molecule is CC1CCCCN1S(=O)(=O)c1ccc(C(=O)Nc2sc3c(c2C(=O)NC(N)=O)CCN(Cc2ccccc2)C3)cc1. The molecular weight excluding hydrogens is 562 g/mol. The van der Waals surface area contributed by atoms with Gasteiger partial charge >= 0.3 is 6.03 Å². The summed E-state index contributed by atoms with van der Waals surface area (Å²) in [5, 5.41) is 5.27. The first kappa shape index (κ1) is 28.9. The van der Waals surface area contributed by atoms with Crippen LogP contribution in [0, 0.1) is 0 Å². The van der Waals surface area contributed by atoms with Gasteiger partial charge in [-0.3, -0.25) is 19.8 Å². The van der Waals surface area contributed by atoms with Crippen molar-refractivity contribution in [2.45, 2.75) is 56.6 Å². The van der Waals surface area contributed by atoms with Crippen molar-refractivity contribution in [2.24, 2.45) is 5.73 Å². The molecule has 0 saturated carbocycles. The Morgan fingerprint density at radius 3 is 2.41 bits per heavy atom. The standard InChI is InChI=1S/C29H33N5O5S2/c1-19-7-5-6-15-34(19)41(38,39)22-12-10-21(11-13-22)26(35)31-28-25(27(36)32-29(30)37)23-14-16-33(18-24(23)40-28)17-20-8-3-2-4-9-20/h2-4,8-13,19H,5-7,14-18H2,1H3,(H,31,35)(H3,30,32,36,37). The number of carbonyl (C=O) groups is 3. The maximum Gasteiger partial charge on any atom is 0.319 e. The number of rotatable bonds is 7. The van der Waals surface area contributed by atoms with E-state index in [0.29, 0.717) is 31.1 Å². The molecule has 0 spiro atoms. The van der Waals surface area contributed by atoms with E-state index < -0.39 is 27.9 Å². The molecule has 0 aliphatic carbocycles. The van der Waals surface area contributed by atoms with E-state index in [9.17, 15) is 22.8 Å². The molecule has 2 aromatic carbocycles. The first-order chi connectivity index (χ1) is 19.6. The highest BCUT2D eigenvalue weighted by Gasteiger charge is 2.32. The summed E-state index contributed by atoms with van der Waals surface area (Å²) in [5.74, 6) is -1.16. The van der Waals surface area contributed by atoms with Gasteiger partial charge < -0.3 is 11.1 Å². The molecule has 0 bridgehead atoms. The first-order valence-electron chi connectivity index (χ1n) is 13.6. The van der Waals surface area contributed by atoms with Gasteiger partial charge in [0.15, 0.2) is 0 Å². The van der Waals surface area contributed by atoms with Crippen LogP contribution < -0.4 is 16.4 Å². The van der Waals surface area contributed by atoms with Crippen molar-refractivity contribution < 1.29 is 22.8 Å². The Morgan fingerprint density at radius 2 is 1.73 bits per heavy atom. The van der Waals surface area contributed by atoms with Crippen molar-refractivity contribution in [1.29, 1.82) is 0 Å². The highest BCUT2D eigenvalue weighted by molar-refractivity contribution is 7.89. The van der Waals surface area contributed by atoms with Crippen molar-refractivity contribution in [3.05, 3.63) is 81.7 Å². The fourth-order valence-corrected chi connectivity index (χ4v) is 8.44. The third kappa shape index (κ3) is 6.35. The quantitative estimate of drug-likeness (QED) is 0.378. The molecule has 1 unspecified atom stereocenters. The second-order valence-corrected chi connectivity index (χ2v) is 13.4. The molecule has 4 N–H and O–H groups in total. The van der Waals surface area contributed by atoms with Gasteiger partial charge in [0.25, 0.3) is 11.8 Å². The Morgan fingerprint density at radius 1 is 1.00 bits per heavy atom. The molecule has 3 heterocycles. The van der Waals surface area contributed by atoms with Crippen molar-refractivity contribution >= 4 is 44.2 Å². The van der Waals surface area contributed by atoms with Gasteiger partial charge in [0.1, 0.15) is 5.00 Å². The summed E-state index contributed by atoms with van der Waals surface area (Å²) in [4.78, 5) is 41.0. The van der Waals surface area contributed by atoms with Crippen molar-refractivity contribution in [2.75, 3.05) is 18.4 Å². The number of fused-ring (bicyclic) bond motifs is 1. The van der Waals surface area contributed by atoms with Crippen molar-refractivity contribution in [3.8, 4) is 0 Å². The van der Waals surface area contributed by atoms with E-state index in [-0.39, 0.29) is 22.1 Å². The van der Waals surface area contributed by atoms with Crippen LogP contribution in [0.3, 0.4) is 0 Å². The number of nitrogens with zero attached hydrogens (tertiary/aromatic N) is 2. The number of benzene rings is 2. The van der Waals surface area contributed by atoms with Crippen LogP contribution in [-0.2, 0) is 29.5 Å². The Balaban J connectivity index is 1.36. The summed E-state index contributed by atoms with van der Waals surface area (Å²) in [7, 11) is -3.67. The van der Waals surface area contributed by atoms with Gasteiger partial charge in [-0.25, -0.2) is 13.2 Å². The smallest absolute Gasteiger partial charge is 0.319 e. The summed E-state index contributed by atoms with van der Waals surface area (Å²) >= 11 is 1.29. The van der Waals surface area contributed by atoms with Crippen LogP contribution in [0.5, 0.6) is 0 Å². The van der Waals surface area contributed by atoms with E-state index in [1.165, 1.54) is 45.5 Å². The van der Waals surface area contributed by atoms with Gasteiger partial charge in [0, 0.05) is 42.7 Å². The summed E-state index contributed by atoms with van der Waals surface area (Å²) in [6.45, 7) is 4.42. The minimum Gasteiger partial charge on any atom is -0.351 e. The van der Waals surface area contributed by atoms with Gasteiger partial charge in [-0.2, -0.15) is 4.31 Å². The van der Waals surface area contributed by atoms with E-state index in [4.69, 9.17) is 5.73 Å². The molecule has 5 rings (SSSR count). The molecule has 12 heteroatoms. The van der Waals surface area contributed by atoms with Crippen molar-refractivity contribution in [3.63, 3.8) is 0 Å². The lowest BCUT2D eigenvalue weighted by molar-refractivity contribution is 0.0965. The molecule has 1 aromatic heterocycles. The Kier molecular flexibility index (Phi) is 8.55. The van der Waals surface area contributed by atoms with Crippen LogP contribution in [-0.4, -0.2) is 54.6 Å². The first-order valence-corrected chi connectivity index (χ1v) is 15.8. The minimum atomic E-state index is -3.67. The number of urea groups is 1. The van der Waals surface area contributed by atoms with Crippen LogP contribution in [0.15, 0.2) is 59.5 Å². The number of primary amides is 1. The Hall–Kier alpha value is -3.58. The number of nitrogens with two attached hydrogens (primary N) is 1. The van der Waals surface area contributed by atoms with Crippen LogP contribution in [0.2, 0.25) is 0 Å². The summed E-state index contributed by atoms with van der Waals surface area (Å²) in [5.41, 5.74) is 7.65. The second-order valence-electron chi connectivity index (χ2n) is 10.4. The van der Waals surface area contributed by atoms with Gasteiger partial charge in [-0.05, 0) is 61.6 Å². The van der Waals surface area contributed by atoms with E-state index in [2.05, 4.69) is 27.7 Å². The number of thiophene rings is 1. The van der Waals surface area contributed by atoms with Crippen LogP contribution in [0.25, 0.3) is 0 Å². The summed E-state index contributed by atoms with van der Waals surface area (Å²) in [6, 6.07) is 14.8. The molecule has 1 fully saturated rings. The fourth-order valence-electron chi connectivity index (χ4n) is 5.45. The minimum absolute atomic E-state index is 0.0739. The second kappa shape index (κ2) is 12.1. The largest absolute Gasteiger partial charge is 0.351 e. The lowest BCUT2D eigenvalue weighted by Gasteiger charge is -2.32. The molecule has 10 nitrogen and oxygen atoms in total. The number of sulfonamides is 1. The number of amides is 4. The number of hydrogen-bond acceptors (Lipinski definition) is 7. The van der Waals surface area contributed by atoms with E-state index in [1.54, 1.807) is 0 Å².